The number of phenolic OH excluding ortho intramolecular Hbond substituents is 1. The summed E-state index contributed by atoms with van der Waals surface area (Å²) < 4.78 is 12.1. The van der Waals surface area contributed by atoms with Crippen LogP contribution in [0.3, 0.4) is 0 Å². The number of amides is 2. The predicted octanol–water partition coefficient (Wildman–Crippen LogP) is 5.99. The summed E-state index contributed by atoms with van der Waals surface area (Å²) in [5.74, 6) is -5.60. The molecular formula is C45H30N4O12. The van der Waals surface area contributed by atoms with Crippen molar-refractivity contribution in [1.29, 1.82) is 5.41 Å². The molecule has 16 nitrogen and oxygen atoms in total. The van der Waals surface area contributed by atoms with E-state index in [0.717, 1.165) is 6.07 Å². The number of carbonyl (C=O) groups excluding carboxylic acids is 2. The van der Waals surface area contributed by atoms with E-state index in [2.05, 4.69) is 10.6 Å². The summed E-state index contributed by atoms with van der Waals surface area (Å²) in [5, 5.41) is 55.0. The van der Waals surface area contributed by atoms with Crippen molar-refractivity contribution in [2.45, 2.75) is 6.54 Å². The van der Waals surface area contributed by atoms with Crippen LogP contribution in [0.25, 0.3) is 66.8 Å². The van der Waals surface area contributed by atoms with Crippen molar-refractivity contribution in [2.75, 3.05) is 12.3 Å². The number of rotatable bonds is 10. The van der Waals surface area contributed by atoms with E-state index >= 15 is 0 Å². The van der Waals surface area contributed by atoms with Crippen LogP contribution >= 0.6 is 0 Å². The molecule has 8 rings (SSSR count). The lowest BCUT2D eigenvalue weighted by molar-refractivity contribution is -0.120. The zero-order chi connectivity index (χ0) is 43.3. The summed E-state index contributed by atoms with van der Waals surface area (Å²) in [5.41, 5.74) is 7.34. The van der Waals surface area contributed by atoms with Gasteiger partial charge in [-0.25, -0.2) is 14.4 Å². The molecule has 2 aliphatic carbocycles. The number of hydrogen-bond donors (Lipinski definition) is 8. The SMILES string of the molecule is N=c1ccc2c(-c3ccc(C(=O)NCC(=O)NCc4c(O)ccc5c(-c6ccc(C(=O)O)cc6C(=O)O)c6ccc(=O)cc-6oc45)cc3C(=O)O)c3ccc(N)cc3oc-2c1. The van der Waals surface area contributed by atoms with Crippen molar-refractivity contribution in [3.63, 3.8) is 0 Å². The molecule has 0 saturated heterocycles. The van der Waals surface area contributed by atoms with Crippen molar-refractivity contribution < 1.29 is 53.2 Å². The van der Waals surface area contributed by atoms with Crippen LogP contribution in [0, 0.1) is 5.41 Å². The average molecular weight is 819 g/mol. The van der Waals surface area contributed by atoms with Crippen molar-refractivity contribution >= 4 is 57.3 Å². The second-order valence-corrected chi connectivity index (χ2v) is 13.9. The van der Waals surface area contributed by atoms with Gasteiger partial charge in [0.25, 0.3) is 5.91 Å². The average Bonchev–Trinajstić information content (AvgIpc) is 3.22. The molecule has 0 saturated carbocycles. The number of hydrogen-bond acceptors (Lipinski definition) is 11. The zero-order valence-corrected chi connectivity index (χ0v) is 31.4. The van der Waals surface area contributed by atoms with Crippen LogP contribution in [0.1, 0.15) is 47.0 Å². The second kappa shape index (κ2) is 15.2. The van der Waals surface area contributed by atoms with Gasteiger partial charge < -0.3 is 51.0 Å². The molecule has 0 atom stereocenters. The number of phenols is 1. The fraction of sp³-hybridized carbons (Fsp3) is 0.0444. The quantitative estimate of drug-likeness (QED) is 0.0582. The Hall–Kier alpha value is -8.79. The van der Waals surface area contributed by atoms with Crippen molar-refractivity contribution in [2.24, 2.45) is 0 Å². The monoisotopic (exact) mass is 818 g/mol. The number of benzene rings is 6. The molecule has 2 amide bonds. The molecule has 0 radical (unpaired) electrons. The second-order valence-electron chi connectivity index (χ2n) is 13.9. The molecule has 4 aromatic rings. The Morgan fingerprint density at radius 3 is 1.92 bits per heavy atom. The highest BCUT2D eigenvalue weighted by Gasteiger charge is 2.26. The van der Waals surface area contributed by atoms with E-state index in [1.54, 1.807) is 24.3 Å². The van der Waals surface area contributed by atoms with E-state index < -0.39 is 41.7 Å². The van der Waals surface area contributed by atoms with E-state index in [9.17, 15) is 49.2 Å². The van der Waals surface area contributed by atoms with Gasteiger partial charge in [0, 0.05) is 62.5 Å². The van der Waals surface area contributed by atoms with Crippen LogP contribution in [0.2, 0.25) is 0 Å². The minimum atomic E-state index is -1.42. The van der Waals surface area contributed by atoms with Crippen molar-refractivity contribution in [1.82, 2.24) is 10.6 Å². The van der Waals surface area contributed by atoms with Gasteiger partial charge in [0.2, 0.25) is 5.91 Å². The maximum absolute atomic E-state index is 13.3. The number of anilines is 1. The number of carbonyl (C=O) groups is 5. The standard InChI is InChI=1S/C45H30N4O12/c46-22-3-8-27-35(15-22)60-36-16-23(47)4-9-28(36)39(27)25-6-1-20(13-31(25)44(56)57)42(53)49-19-38(52)48-18-33-34(51)12-11-30-40(29-10-5-24(50)17-37(29)61-41(30)33)26-7-2-21(43(54)55)14-32(26)45(58)59/h1-17,46,51H,18-19,47H2,(H,48,52)(H,49,53)(H,54,55)(H,56,57)(H,58,59). The fourth-order valence-electron chi connectivity index (χ4n) is 7.30. The molecule has 4 aliphatic rings. The van der Waals surface area contributed by atoms with Crippen LogP contribution in [-0.2, 0) is 11.3 Å². The first-order valence-corrected chi connectivity index (χ1v) is 18.2. The highest BCUT2D eigenvalue weighted by Crippen LogP contribution is 2.44. The molecule has 2 heterocycles. The Balaban J connectivity index is 1.08. The van der Waals surface area contributed by atoms with Crippen LogP contribution in [0.4, 0.5) is 5.69 Å². The molecular weight excluding hydrogens is 789 g/mol. The third-order valence-electron chi connectivity index (χ3n) is 10.1. The molecule has 61 heavy (non-hydrogen) atoms. The molecule has 4 aromatic carbocycles. The van der Waals surface area contributed by atoms with Crippen molar-refractivity contribution in [3.8, 4) is 50.7 Å². The molecule has 0 fully saturated rings. The highest BCUT2D eigenvalue weighted by molar-refractivity contribution is 6.11. The highest BCUT2D eigenvalue weighted by atomic mass is 16.4. The van der Waals surface area contributed by atoms with Gasteiger partial charge in [-0.15, -0.1) is 0 Å². The van der Waals surface area contributed by atoms with Crippen LogP contribution in [0.15, 0.2) is 117 Å². The van der Waals surface area contributed by atoms with E-state index in [-0.39, 0.29) is 78.9 Å². The zero-order valence-electron chi connectivity index (χ0n) is 31.4. The third kappa shape index (κ3) is 7.20. The first-order chi connectivity index (χ1) is 29.2. The normalized spacial score (nSPS) is 11.2. The van der Waals surface area contributed by atoms with Gasteiger partial charge in [-0.3, -0.25) is 14.4 Å². The number of fused-ring (bicyclic) bond motifs is 4. The van der Waals surface area contributed by atoms with Crippen LogP contribution in [-0.4, -0.2) is 56.7 Å². The van der Waals surface area contributed by atoms with Gasteiger partial charge in [-0.1, -0.05) is 12.1 Å². The van der Waals surface area contributed by atoms with Gasteiger partial charge in [-0.05, 0) is 83.9 Å². The van der Waals surface area contributed by atoms with E-state index in [1.807, 2.05) is 0 Å². The minimum absolute atomic E-state index is 0.0150. The Morgan fingerprint density at radius 1 is 0.623 bits per heavy atom. The number of aromatic carboxylic acids is 3. The molecule has 0 unspecified atom stereocenters. The number of nitrogens with two attached hydrogens (primary N) is 1. The number of aromatic hydroxyl groups is 1. The van der Waals surface area contributed by atoms with Crippen molar-refractivity contribution in [3.05, 3.63) is 147 Å². The Bertz CT molecular complexity index is 3260. The number of carboxylic acid groups (broad SMARTS) is 3. The van der Waals surface area contributed by atoms with Crippen LogP contribution in [0.5, 0.6) is 5.75 Å². The van der Waals surface area contributed by atoms with Crippen LogP contribution < -0.4 is 27.2 Å². The Kier molecular flexibility index (Phi) is 9.72. The lowest BCUT2D eigenvalue weighted by Crippen LogP contribution is -2.36. The van der Waals surface area contributed by atoms with Gasteiger partial charge in [0.15, 0.2) is 5.43 Å². The third-order valence-corrected chi connectivity index (χ3v) is 10.1. The predicted molar refractivity (Wildman–Crippen MR) is 220 cm³/mol. The summed E-state index contributed by atoms with van der Waals surface area (Å²) in [6.45, 7) is -0.951. The molecule has 0 spiro atoms. The fourth-order valence-corrected chi connectivity index (χ4v) is 7.30. The summed E-state index contributed by atoms with van der Waals surface area (Å²) in [6.07, 6.45) is 0. The maximum Gasteiger partial charge on any atom is 0.336 e. The van der Waals surface area contributed by atoms with Gasteiger partial charge in [0.1, 0.15) is 28.4 Å². The van der Waals surface area contributed by atoms with Gasteiger partial charge >= 0.3 is 17.9 Å². The van der Waals surface area contributed by atoms with E-state index in [0.29, 0.717) is 39.1 Å². The number of nitrogens with one attached hydrogen (secondary N) is 3. The largest absolute Gasteiger partial charge is 0.507 e. The molecule has 0 bridgehead atoms. The summed E-state index contributed by atoms with van der Waals surface area (Å²) in [7, 11) is 0. The summed E-state index contributed by atoms with van der Waals surface area (Å²) in [6, 6.07) is 23.8. The first-order valence-electron chi connectivity index (χ1n) is 18.2. The lowest BCUT2D eigenvalue weighted by atomic mass is 9.89. The molecule has 16 heteroatoms. The summed E-state index contributed by atoms with van der Waals surface area (Å²) in [4.78, 5) is 75.6. The summed E-state index contributed by atoms with van der Waals surface area (Å²) >= 11 is 0. The maximum atomic E-state index is 13.3. The van der Waals surface area contributed by atoms with E-state index in [4.69, 9.17) is 20.0 Å². The molecule has 0 aromatic heterocycles. The minimum Gasteiger partial charge on any atom is -0.507 e. The smallest absolute Gasteiger partial charge is 0.336 e. The number of nitrogen functional groups attached to an aromatic ring is 1. The Morgan fingerprint density at radius 2 is 1.23 bits per heavy atom. The topological polar surface area (TPSA) is 284 Å². The van der Waals surface area contributed by atoms with Gasteiger partial charge in [0.05, 0.1) is 40.7 Å². The van der Waals surface area contributed by atoms with E-state index in [1.165, 1.54) is 72.8 Å². The molecule has 9 N–H and O–H groups in total. The molecule has 302 valence electrons. The first kappa shape index (κ1) is 39.1. The lowest BCUT2D eigenvalue weighted by Gasteiger charge is -2.19. The Labute approximate surface area is 341 Å². The van der Waals surface area contributed by atoms with Gasteiger partial charge in [-0.2, -0.15) is 0 Å². The number of carboxylic acids is 3. The molecule has 2 aliphatic heterocycles.